The van der Waals surface area contributed by atoms with Gasteiger partial charge in [0.15, 0.2) is 11.8 Å². The van der Waals surface area contributed by atoms with E-state index in [1.54, 1.807) is 0 Å². The highest BCUT2D eigenvalue weighted by Crippen LogP contribution is 2.15. The topological polar surface area (TPSA) is 76.4 Å². The minimum atomic E-state index is 0.262. The number of ether oxygens (including phenoxy) is 1. The summed E-state index contributed by atoms with van der Waals surface area (Å²) in [6, 6.07) is 8.66. The number of hydrogen-bond donors (Lipinski definition) is 2. The van der Waals surface area contributed by atoms with E-state index in [9.17, 15) is 0 Å². The van der Waals surface area contributed by atoms with Gasteiger partial charge in [0.1, 0.15) is 12.4 Å². The molecule has 7 nitrogen and oxygen atoms in total. The molecule has 0 spiro atoms. The molecule has 1 aliphatic heterocycles. The lowest BCUT2D eigenvalue weighted by molar-refractivity contribution is 0.114. The van der Waals surface area contributed by atoms with Crippen LogP contribution < -0.4 is 10.6 Å². The van der Waals surface area contributed by atoms with Crippen molar-refractivity contribution < 1.29 is 4.74 Å². The molecule has 0 aliphatic carbocycles. The first-order valence-electron chi connectivity index (χ1n) is 10.1. The van der Waals surface area contributed by atoms with E-state index in [1.807, 2.05) is 18.5 Å². The van der Waals surface area contributed by atoms with Crippen molar-refractivity contribution in [3.63, 3.8) is 0 Å². The molecule has 1 aromatic heterocycles. The highest BCUT2D eigenvalue weighted by Gasteiger charge is 2.16. The molecule has 0 saturated carbocycles. The van der Waals surface area contributed by atoms with E-state index >= 15 is 0 Å². The minimum Gasteiger partial charge on any atom is -0.376 e. The summed E-state index contributed by atoms with van der Waals surface area (Å²) in [7, 11) is 1.97. The molecule has 2 aromatic rings. The number of nitrogens with one attached hydrogen (secondary N) is 2. The van der Waals surface area contributed by atoms with Crippen LogP contribution in [-0.2, 0) is 18.3 Å². The molecule has 3 rings (SSSR count). The monoisotopic (exact) mass is 384 g/mol. The molecule has 152 valence electrons. The van der Waals surface area contributed by atoms with Crippen molar-refractivity contribution in [1.29, 1.82) is 0 Å². The highest BCUT2D eigenvalue weighted by molar-refractivity contribution is 5.79. The van der Waals surface area contributed by atoms with Crippen LogP contribution in [0.15, 0.2) is 29.3 Å². The first-order chi connectivity index (χ1) is 13.5. The Morgan fingerprint density at radius 3 is 2.86 bits per heavy atom. The molecule has 2 atom stereocenters. The summed E-state index contributed by atoms with van der Waals surface area (Å²) >= 11 is 0. The molecule has 2 N–H and O–H groups in total. The Labute approximate surface area is 167 Å². The fraction of sp³-hybridized carbons (Fsp3) is 0.571. The number of benzene rings is 1. The summed E-state index contributed by atoms with van der Waals surface area (Å²) in [4.78, 5) is 4.73. The Hall–Kier alpha value is -2.41. The molecule has 1 saturated heterocycles. The average molecular weight is 385 g/mol. The first kappa shape index (κ1) is 20.3. The average Bonchev–Trinajstić information content (AvgIpc) is 3.32. The lowest BCUT2D eigenvalue weighted by Gasteiger charge is -2.18. The van der Waals surface area contributed by atoms with E-state index in [1.165, 1.54) is 11.1 Å². The SMILES string of the molecule is Cc1cccc(C(C)CNC(=NCc2nnc(C)n2C)NCC2CCCO2)c1. The maximum Gasteiger partial charge on any atom is 0.191 e. The quantitative estimate of drug-likeness (QED) is 0.566. The van der Waals surface area contributed by atoms with Gasteiger partial charge in [0.05, 0.1) is 6.10 Å². The second kappa shape index (κ2) is 9.68. The fourth-order valence-corrected chi connectivity index (χ4v) is 3.27. The molecule has 1 fully saturated rings. The van der Waals surface area contributed by atoms with Gasteiger partial charge < -0.3 is 19.9 Å². The third kappa shape index (κ3) is 5.55. The van der Waals surface area contributed by atoms with Crippen LogP contribution in [0.25, 0.3) is 0 Å². The van der Waals surface area contributed by atoms with Gasteiger partial charge in [-0.15, -0.1) is 10.2 Å². The van der Waals surface area contributed by atoms with E-state index in [2.05, 4.69) is 58.9 Å². The number of nitrogens with zero attached hydrogens (tertiary/aromatic N) is 4. The highest BCUT2D eigenvalue weighted by atomic mass is 16.5. The number of guanidine groups is 1. The van der Waals surface area contributed by atoms with Gasteiger partial charge in [0.2, 0.25) is 0 Å². The van der Waals surface area contributed by atoms with E-state index in [4.69, 9.17) is 9.73 Å². The van der Waals surface area contributed by atoms with Crippen molar-refractivity contribution in [3.8, 4) is 0 Å². The Kier molecular flexibility index (Phi) is 7.03. The van der Waals surface area contributed by atoms with Crippen LogP contribution in [0.3, 0.4) is 0 Å². The summed E-state index contributed by atoms with van der Waals surface area (Å²) in [6.45, 7) is 9.21. The van der Waals surface area contributed by atoms with Crippen molar-refractivity contribution in [1.82, 2.24) is 25.4 Å². The number of aromatic nitrogens is 3. The van der Waals surface area contributed by atoms with Crippen LogP contribution in [0.5, 0.6) is 0 Å². The summed E-state index contributed by atoms with van der Waals surface area (Å²) in [5, 5.41) is 15.2. The Bertz CT molecular complexity index is 794. The van der Waals surface area contributed by atoms with Gasteiger partial charge in [-0.05, 0) is 38.2 Å². The maximum atomic E-state index is 5.72. The van der Waals surface area contributed by atoms with E-state index in [-0.39, 0.29) is 6.10 Å². The van der Waals surface area contributed by atoms with Crippen LogP contribution in [0, 0.1) is 13.8 Å². The maximum absolute atomic E-state index is 5.72. The summed E-state index contributed by atoms with van der Waals surface area (Å²) < 4.78 is 7.69. The molecule has 28 heavy (non-hydrogen) atoms. The van der Waals surface area contributed by atoms with E-state index < -0.39 is 0 Å². The zero-order chi connectivity index (χ0) is 19.9. The third-order valence-electron chi connectivity index (χ3n) is 5.27. The summed E-state index contributed by atoms with van der Waals surface area (Å²) in [6.07, 6.45) is 2.50. The zero-order valence-corrected chi connectivity index (χ0v) is 17.4. The molecule has 1 aliphatic rings. The van der Waals surface area contributed by atoms with Crippen molar-refractivity contribution >= 4 is 5.96 Å². The predicted molar refractivity (Wildman–Crippen MR) is 111 cm³/mol. The second-order valence-corrected chi connectivity index (χ2v) is 7.60. The molecular weight excluding hydrogens is 352 g/mol. The third-order valence-corrected chi connectivity index (χ3v) is 5.27. The molecule has 0 radical (unpaired) electrons. The Balaban J connectivity index is 1.62. The van der Waals surface area contributed by atoms with Gasteiger partial charge in [-0.2, -0.15) is 0 Å². The molecular formula is C21H32N6O. The van der Waals surface area contributed by atoms with Crippen LogP contribution in [0.2, 0.25) is 0 Å². The van der Waals surface area contributed by atoms with Gasteiger partial charge in [0, 0.05) is 26.7 Å². The largest absolute Gasteiger partial charge is 0.376 e. The normalized spacial score (nSPS) is 18.3. The van der Waals surface area contributed by atoms with Gasteiger partial charge in [-0.3, -0.25) is 0 Å². The van der Waals surface area contributed by atoms with Gasteiger partial charge in [-0.25, -0.2) is 4.99 Å². The van der Waals surface area contributed by atoms with Crippen molar-refractivity contribution in [2.75, 3.05) is 19.7 Å². The summed E-state index contributed by atoms with van der Waals surface area (Å²) in [5.41, 5.74) is 2.61. The molecule has 1 aromatic carbocycles. The van der Waals surface area contributed by atoms with Crippen molar-refractivity contribution in [3.05, 3.63) is 47.0 Å². The van der Waals surface area contributed by atoms with Crippen LogP contribution in [-0.4, -0.2) is 46.5 Å². The van der Waals surface area contributed by atoms with Gasteiger partial charge in [0.25, 0.3) is 0 Å². The Morgan fingerprint density at radius 2 is 2.18 bits per heavy atom. The fourth-order valence-electron chi connectivity index (χ4n) is 3.27. The van der Waals surface area contributed by atoms with E-state index in [0.29, 0.717) is 12.5 Å². The smallest absolute Gasteiger partial charge is 0.191 e. The van der Waals surface area contributed by atoms with Crippen LogP contribution in [0.4, 0.5) is 0 Å². The minimum absolute atomic E-state index is 0.262. The molecule has 2 unspecified atom stereocenters. The number of aliphatic imine (C=N–C) groups is 1. The van der Waals surface area contributed by atoms with Crippen molar-refractivity contribution in [2.24, 2.45) is 12.0 Å². The first-order valence-corrected chi connectivity index (χ1v) is 10.1. The Morgan fingerprint density at radius 1 is 1.32 bits per heavy atom. The molecule has 0 bridgehead atoms. The lowest BCUT2D eigenvalue weighted by atomic mass is 9.99. The number of aryl methyl sites for hydroxylation is 2. The van der Waals surface area contributed by atoms with Crippen LogP contribution >= 0.6 is 0 Å². The van der Waals surface area contributed by atoms with E-state index in [0.717, 1.165) is 50.1 Å². The molecule has 0 amide bonds. The van der Waals surface area contributed by atoms with Gasteiger partial charge >= 0.3 is 0 Å². The summed E-state index contributed by atoms with van der Waals surface area (Å²) in [5.74, 6) is 2.91. The van der Waals surface area contributed by atoms with Crippen molar-refractivity contribution in [2.45, 2.75) is 52.2 Å². The number of hydrogen-bond acceptors (Lipinski definition) is 4. The second-order valence-electron chi connectivity index (χ2n) is 7.60. The van der Waals surface area contributed by atoms with Gasteiger partial charge in [-0.1, -0.05) is 36.8 Å². The standard InChI is InChI=1S/C21H32N6O/c1-15-7-5-8-18(11-15)16(2)12-22-21(23-13-19-9-6-10-28-19)24-14-20-26-25-17(3)27(20)4/h5,7-8,11,16,19H,6,9-10,12-14H2,1-4H3,(H2,22,23,24). The lowest BCUT2D eigenvalue weighted by Crippen LogP contribution is -2.42. The number of rotatable bonds is 7. The van der Waals surface area contributed by atoms with Crippen LogP contribution in [0.1, 0.15) is 48.5 Å². The predicted octanol–water partition coefficient (Wildman–Crippen LogP) is 2.45. The molecule has 7 heteroatoms. The molecule has 2 heterocycles. The zero-order valence-electron chi connectivity index (χ0n) is 17.4.